The highest BCUT2D eigenvalue weighted by Crippen LogP contribution is 2.43. The summed E-state index contributed by atoms with van der Waals surface area (Å²) in [6, 6.07) is 58.0. The molecule has 7 aromatic carbocycles. The van der Waals surface area contributed by atoms with Crippen LogP contribution in [-0.2, 0) is 6.42 Å². The third kappa shape index (κ3) is 5.77. The second-order valence-electron chi connectivity index (χ2n) is 12.5. The molecule has 0 bridgehead atoms. The SMILES string of the molecule is C=C(c1cc2oc3cc(P(c4ccccc4)c4ccccc4)ccc3c2c2cccc(N)c12)N(C)C(Cc1ccccc1)c1ccccc1. The summed E-state index contributed by atoms with van der Waals surface area (Å²) in [5, 5.41) is 8.10. The molecule has 4 heteroatoms. The van der Waals surface area contributed by atoms with Crippen LogP contribution in [0.2, 0.25) is 0 Å². The molecule has 0 fully saturated rings. The first-order valence-corrected chi connectivity index (χ1v) is 18.0. The van der Waals surface area contributed by atoms with Crippen molar-refractivity contribution in [3.63, 3.8) is 0 Å². The molecule has 3 nitrogen and oxygen atoms in total. The second kappa shape index (κ2) is 13.1. The molecular weight excluding hydrogens is 615 g/mol. The van der Waals surface area contributed by atoms with Crippen molar-refractivity contribution in [3.8, 4) is 0 Å². The maximum atomic E-state index is 6.81. The number of anilines is 1. The van der Waals surface area contributed by atoms with Crippen molar-refractivity contribution in [1.29, 1.82) is 0 Å². The lowest BCUT2D eigenvalue weighted by Gasteiger charge is -2.33. The van der Waals surface area contributed by atoms with E-state index in [0.717, 1.165) is 56.1 Å². The van der Waals surface area contributed by atoms with Gasteiger partial charge in [-0.1, -0.05) is 146 Å². The number of nitrogens with zero attached hydrogens (tertiary/aromatic N) is 1. The van der Waals surface area contributed by atoms with E-state index < -0.39 is 7.92 Å². The second-order valence-corrected chi connectivity index (χ2v) is 14.7. The Hall–Kier alpha value is -5.63. The van der Waals surface area contributed by atoms with Gasteiger partial charge in [0.2, 0.25) is 0 Å². The van der Waals surface area contributed by atoms with Gasteiger partial charge in [0.05, 0.1) is 6.04 Å². The molecule has 1 aromatic heterocycles. The summed E-state index contributed by atoms with van der Waals surface area (Å²) < 4.78 is 6.78. The molecule has 0 radical (unpaired) electrons. The van der Waals surface area contributed by atoms with Crippen LogP contribution < -0.4 is 21.6 Å². The van der Waals surface area contributed by atoms with Crippen molar-refractivity contribution < 1.29 is 4.42 Å². The standard InChI is InChI=1S/C45H37N2OP/c1-31(47(2)41(33-18-9-4-10-19-33)28-32-16-7-3-8-17-32)39-30-43-45(38-24-15-25-40(46)44(38)39)37-27-26-36(29-42(37)48-43)49(34-20-11-5-12-21-34)35-22-13-6-14-23-35/h3-27,29-30,41H,1,28,46H2,2H3. The van der Waals surface area contributed by atoms with Gasteiger partial charge in [-0.3, -0.25) is 0 Å². The smallest absolute Gasteiger partial charge is 0.136 e. The van der Waals surface area contributed by atoms with Crippen LogP contribution in [0, 0.1) is 0 Å². The zero-order valence-corrected chi connectivity index (χ0v) is 28.4. The van der Waals surface area contributed by atoms with Gasteiger partial charge in [0, 0.05) is 40.2 Å². The molecule has 0 aliphatic carbocycles. The number of furan rings is 1. The summed E-state index contributed by atoms with van der Waals surface area (Å²) in [6.07, 6.45) is 0.843. The Balaban J connectivity index is 1.27. The molecule has 238 valence electrons. The molecule has 1 unspecified atom stereocenters. The molecule has 0 amide bonds. The average molecular weight is 653 g/mol. The van der Waals surface area contributed by atoms with E-state index in [-0.39, 0.29) is 6.04 Å². The van der Waals surface area contributed by atoms with Crippen molar-refractivity contribution in [3.05, 3.63) is 187 Å². The number of hydrogen-bond acceptors (Lipinski definition) is 3. The van der Waals surface area contributed by atoms with Gasteiger partial charge in [0.15, 0.2) is 0 Å². The summed E-state index contributed by atoms with van der Waals surface area (Å²) in [6.45, 7) is 4.70. The predicted molar refractivity (Wildman–Crippen MR) is 210 cm³/mol. The molecule has 1 heterocycles. The lowest BCUT2D eigenvalue weighted by atomic mass is 9.93. The number of nitrogen functional groups attached to an aromatic ring is 1. The molecule has 0 saturated heterocycles. The van der Waals surface area contributed by atoms with E-state index in [4.69, 9.17) is 16.7 Å². The van der Waals surface area contributed by atoms with Crippen LogP contribution in [0.25, 0.3) is 38.4 Å². The van der Waals surface area contributed by atoms with Gasteiger partial charge in [-0.25, -0.2) is 0 Å². The minimum Gasteiger partial charge on any atom is -0.456 e. The van der Waals surface area contributed by atoms with Crippen LogP contribution in [0.5, 0.6) is 0 Å². The average Bonchev–Trinajstić information content (AvgIpc) is 3.53. The zero-order valence-electron chi connectivity index (χ0n) is 27.5. The lowest BCUT2D eigenvalue weighted by Crippen LogP contribution is -2.25. The van der Waals surface area contributed by atoms with Gasteiger partial charge < -0.3 is 15.1 Å². The number of hydrogen-bond donors (Lipinski definition) is 1. The quantitative estimate of drug-likeness (QED) is 0.125. The van der Waals surface area contributed by atoms with Gasteiger partial charge in [-0.15, -0.1) is 0 Å². The minimum absolute atomic E-state index is 0.0697. The van der Waals surface area contributed by atoms with Gasteiger partial charge in [-0.2, -0.15) is 0 Å². The van der Waals surface area contributed by atoms with Crippen LogP contribution in [-0.4, -0.2) is 11.9 Å². The lowest BCUT2D eigenvalue weighted by molar-refractivity contribution is 0.354. The maximum absolute atomic E-state index is 6.81. The summed E-state index contributed by atoms with van der Waals surface area (Å²) in [4.78, 5) is 2.29. The van der Waals surface area contributed by atoms with Crippen LogP contribution in [0.1, 0.15) is 22.7 Å². The highest BCUT2D eigenvalue weighted by molar-refractivity contribution is 7.79. The molecule has 2 N–H and O–H groups in total. The molecule has 8 aromatic rings. The fourth-order valence-electron chi connectivity index (χ4n) is 7.10. The third-order valence-electron chi connectivity index (χ3n) is 9.56. The Morgan fingerprint density at radius 1 is 0.633 bits per heavy atom. The predicted octanol–water partition coefficient (Wildman–Crippen LogP) is 9.97. The first kappa shape index (κ1) is 30.7. The van der Waals surface area contributed by atoms with E-state index in [0.29, 0.717) is 0 Å². The summed E-state index contributed by atoms with van der Waals surface area (Å²) in [7, 11) is 1.37. The Morgan fingerprint density at radius 2 is 1.24 bits per heavy atom. The van der Waals surface area contributed by atoms with Gasteiger partial charge >= 0.3 is 0 Å². The van der Waals surface area contributed by atoms with E-state index in [1.54, 1.807) is 0 Å². The highest BCUT2D eigenvalue weighted by Gasteiger charge is 2.24. The van der Waals surface area contributed by atoms with Crippen molar-refractivity contribution in [2.45, 2.75) is 12.5 Å². The van der Waals surface area contributed by atoms with Crippen molar-refractivity contribution in [2.24, 2.45) is 0 Å². The van der Waals surface area contributed by atoms with Crippen LogP contribution >= 0.6 is 7.92 Å². The van der Waals surface area contributed by atoms with Gasteiger partial charge in [0.1, 0.15) is 11.2 Å². The largest absolute Gasteiger partial charge is 0.456 e. The summed E-state index contributed by atoms with van der Waals surface area (Å²) in [5.74, 6) is 0. The normalized spacial score (nSPS) is 12.1. The molecule has 1 atom stereocenters. The summed E-state index contributed by atoms with van der Waals surface area (Å²) in [5.41, 5.74) is 13.6. The molecular formula is C45H37N2OP. The Bertz CT molecular complexity index is 2360. The van der Waals surface area contributed by atoms with Crippen molar-refractivity contribution >= 4 is 67.9 Å². The van der Waals surface area contributed by atoms with E-state index in [1.807, 2.05) is 12.1 Å². The minimum atomic E-state index is -0.765. The Labute approximate surface area is 288 Å². The van der Waals surface area contributed by atoms with Gasteiger partial charge in [0.25, 0.3) is 0 Å². The molecule has 0 aliphatic heterocycles. The number of benzene rings is 7. The Morgan fingerprint density at radius 3 is 1.90 bits per heavy atom. The zero-order chi connectivity index (χ0) is 33.3. The van der Waals surface area contributed by atoms with Crippen molar-refractivity contribution in [2.75, 3.05) is 12.8 Å². The molecule has 0 aliphatic rings. The first-order valence-electron chi connectivity index (χ1n) is 16.7. The van der Waals surface area contributed by atoms with E-state index in [1.165, 1.54) is 27.0 Å². The third-order valence-corrected chi connectivity index (χ3v) is 12.0. The topological polar surface area (TPSA) is 42.4 Å². The molecule has 0 spiro atoms. The molecule has 49 heavy (non-hydrogen) atoms. The number of rotatable bonds is 9. The van der Waals surface area contributed by atoms with E-state index >= 15 is 0 Å². The van der Waals surface area contributed by atoms with Crippen LogP contribution in [0.4, 0.5) is 5.69 Å². The monoisotopic (exact) mass is 652 g/mol. The highest BCUT2D eigenvalue weighted by atomic mass is 31.1. The fraction of sp³-hybridized carbons (Fsp3) is 0.0667. The van der Waals surface area contributed by atoms with Crippen LogP contribution in [0.3, 0.4) is 0 Å². The van der Waals surface area contributed by atoms with Crippen molar-refractivity contribution in [1.82, 2.24) is 4.90 Å². The van der Waals surface area contributed by atoms with Gasteiger partial charge in [-0.05, 0) is 71.0 Å². The summed E-state index contributed by atoms with van der Waals surface area (Å²) >= 11 is 0. The van der Waals surface area contributed by atoms with Crippen LogP contribution in [0.15, 0.2) is 175 Å². The number of likely N-dealkylation sites (N-methyl/N-ethyl adjacent to an activating group) is 1. The number of fused-ring (bicyclic) bond motifs is 5. The molecule has 0 saturated carbocycles. The fourth-order valence-corrected chi connectivity index (χ4v) is 9.41. The number of nitrogens with two attached hydrogens (primary N) is 1. The van der Waals surface area contributed by atoms with E-state index in [2.05, 4.69) is 164 Å². The molecule has 8 rings (SSSR count). The van der Waals surface area contributed by atoms with E-state index in [9.17, 15) is 0 Å². The Kier molecular flexibility index (Phi) is 8.21. The maximum Gasteiger partial charge on any atom is 0.136 e. The first-order chi connectivity index (χ1) is 24.1.